The van der Waals surface area contributed by atoms with Gasteiger partial charge in [0.15, 0.2) is 11.5 Å². The molecule has 2 nitrogen and oxygen atoms in total. The van der Waals surface area contributed by atoms with Gasteiger partial charge in [-0.3, -0.25) is 0 Å². The highest BCUT2D eigenvalue weighted by molar-refractivity contribution is 6.30. The van der Waals surface area contributed by atoms with E-state index < -0.39 is 11.7 Å². The van der Waals surface area contributed by atoms with Crippen molar-refractivity contribution in [1.82, 2.24) is 0 Å². The van der Waals surface area contributed by atoms with Crippen LogP contribution in [-0.4, -0.2) is 14.2 Å². The van der Waals surface area contributed by atoms with Crippen LogP contribution in [0.25, 0.3) is 0 Å². The topological polar surface area (TPSA) is 18.5 Å². The van der Waals surface area contributed by atoms with Gasteiger partial charge in [-0.1, -0.05) is 41.9 Å². The first-order valence-corrected chi connectivity index (χ1v) is 9.65. The van der Waals surface area contributed by atoms with Gasteiger partial charge in [-0.25, -0.2) is 0 Å². The summed E-state index contributed by atoms with van der Waals surface area (Å²) in [5, 5.41) is 0.624. The molecule has 157 valence electrons. The van der Waals surface area contributed by atoms with E-state index in [1.54, 1.807) is 26.4 Å². The summed E-state index contributed by atoms with van der Waals surface area (Å²) in [4.78, 5) is 0. The second-order valence-corrected chi connectivity index (χ2v) is 7.28. The molecular weight excluding hydrogens is 413 g/mol. The third-order valence-electron chi connectivity index (χ3n) is 4.82. The van der Waals surface area contributed by atoms with Gasteiger partial charge < -0.3 is 9.47 Å². The predicted octanol–water partition coefficient (Wildman–Crippen LogP) is 6.78. The van der Waals surface area contributed by atoms with Crippen molar-refractivity contribution >= 4 is 11.6 Å². The van der Waals surface area contributed by atoms with Crippen molar-refractivity contribution in [2.75, 3.05) is 14.2 Å². The van der Waals surface area contributed by atoms with Crippen molar-refractivity contribution in [1.29, 1.82) is 0 Å². The summed E-state index contributed by atoms with van der Waals surface area (Å²) in [5.41, 5.74) is 2.13. The van der Waals surface area contributed by atoms with Crippen molar-refractivity contribution < 1.29 is 22.6 Å². The molecule has 0 bridgehead atoms. The number of halogens is 4. The van der Waals surface area contributed by atoms with Gasteiger partial charge in [0.05, 0.1) is 19.8 Å². The summed E-state index contributed by atoms with van der Waals surface area (Å²) < 4.78 is 49.3. The number of benzene rings is 3. The molecule has 0 aromatic heterocycles. The summed E-state index contributed by atoms with van der Waals surface area (Å²) >= 11 is 6.02. The first-order chi connectivity index (χ1) is 14.3. The lowest BCUT2D eigenvalue weighted by Crippen LogP contribution is -2.09. The number of hydrogen-bond acceptors (Lipinski definition) is 2. The Bertz CT molecular complexity index is 967. The van der Waals surface area contributed by atoms with Gasteiger partial charge in [-0.15, -0.1) is 0 Å². The SMILES string of the molecule is COc1ccc(C[C](Cc2ccc(C(F)(F)F)cc2)c2ccc(Cl)cc2)cc1OC. The summed E-state index contributed by atoms with van der Waals surface area (Å²) in [5.74, 6) is 2.32. The maximum absolute atomic E-state index is 12.9. The Kier molecular flexibility index (Phi) is 6.93. The second kappa shape index (κ2) is 9.43. The predicted molar refractivity (Wildman–Crippen MR) is 112 cm³/mol. The van der Waals surface area contributed by atoms with Crippen LogP contribution in [0.2, 0.25) is 5.02 Å². The van der Waals surface area contributed by atoms with Crippen molar-refractivity contribution in [3.05, 3.63) is 99.9 Å². The second-order valence-electron chi connectivity index (χ2n) is 6.85. The molecule has 3 aromatic carbocycles. The number of hydrogen-bond donors (Lipinski definition) is 0. The highest BCUT2D eigenvalue weighted by Crippen LogP contribution is 2.33. The Labute approximate surface area is 179 Å². The van der Waals surface area contributed by atoms with Crippen LogP contribution in [0.15, 0.2) is 66.7 Å². The average Bonchev–Trinajstić information content (AvgIpc) is 2.73. The summed E-state index contributed by atoms with van der Waals surface area (Å²) in [6, 6.07) is 18.4. The molecule has 0 saturated carbocycles. The normalized spacial score (nSPS) is 11.6. The number of ether oxygens (including phenoxy) is 2. The van der Waals surface area contributed by atoms with Crippen LogP contribution >= 0.6 is 11.6 Å². The fourth-order valence-electron chi connectivity index (χ4n) is 3.25. The fraction of sp³-hybridized carbons (Fsp3) is 0.208. The van der Waals surface area contributed by atoms with Gasteiger partial charge in [0.2, 0.25) is 0 Å². The lowest BCUT2D eigenvalue weighted by Gasteiger charge is -2.19. The zero-order valence-electron chi connectivity index (χ0n) is 16.6. The van der Waals surface area contributed by atoms with Gasteiger partial charge in [0.25, 0.3) is 0 Å². The molecular formula is C24H21ClF3O2. The van der Waals surface area contributed by atoms with Crippen LogP contribution in [0.4, 0.5) is 13.2 Å². The van der Waals surface area contributed by atoms with Gasteiger partial charge >= 0.3 is 6.18 Å². The van der Waals surface area contributed by atoms with Crippen LogP contribution in [0.3, 0.4) is 0 Å². The maximum atomic E-state index is 12.9. The molecule has 0 N–H and O–H groups in total. The number of alkyl halides is 3. The highest BCUT2D eigenvalue weighted by atomic mass is 35.5. The van der Waals surface area contributed by atoms with E-state index in [-0.39, 0.29) is 0 Å². The molecule has 0 aliphatic carbocycles. The van der Waals surface area contributed by atoms with E-state index >= 15 is 0 Å². The maximum Gasteiger partial charge on any atom is 0.416 e. The molecule has 3 aromatic rings. The standard InChI is InChI=1S/C24H21ClF3O2/c1-29-22-12-5-17(15-23(22)30-2)14-19(18-6-10-21(25)11-7-18)13-16-3-8-20(9-4-16)24(26,27)28/h3-12,15H,13-14H2,1-2H3. The minimum Gasteiger partial charge on any atom is -0.493 e. The molecule has 0 aliphatic rings. The Morgan fingerprint density at radius 2 is 1.33 bits per heavy atom. The Balaban J connectivity index is 1.88. The average molecular weight is 434 g/mol. The van der Waals surface area contributed by atoms with Gasteiger partial charge in [0, 0.05) is 10.9 Å². The first-order valence-electron chi connectivity index (χ1n) is 9.28. The van der Waals surface area contributed by atoms with E-state index in [0.29, 0.717) is 29.4 Å². The molecule has 0 saturated heterocycles. The number of rotatable bonds is 7. The zero-order chi connectivity index (χ0) is 21.7. The lowest BCUT2D eigenvalue weighted by molar-refractivity contribution is -0.137. The van der Waals surface area contributed by atoms with Crippen molar-refractivity contribution in [3.8, 4) is 11.5 Å². The van der Waals surface area contributed by atoms with E-state index in [0.717, 1.165) is 34.7 Å². The quantitative estimate of drug-likeness (QED) is 0.408. The molecule has 3 rings (SSSR count). The minimum absolute atomic E-state index is 0.508. The molecule has 0 unspecified atom stereocenters. The van der Waals surface area contributed by atoms with Crippen molar-refractivity contribution in [2.24, 2.45) is 0 Å². The Morgan fingerprint density at radius 3 is 1.90 bits per heavy atom. The third kappa shape index (κ3) is 5.48. The van der Waals surface area contributed by atoms with Crippen LogP contribution in [0, 0.1) is 5.92 Å². The molecule has 1 radical (unpaired) electrons. The Morgan fingerprint density at radius 1 is 0.767 bits per heavy atom. The zero-order valence-corrected chi connectivity index (χ0v) is 17.3. The lowest BCUT2D eigenvalue weighted by atomic mass is 9.86. The van der Waals surface area contributed by atoms with E-state index in [2.05, 4.69) is 0 Å². The summed E-state index contributed by atoms with van der Waals surface area (Å²) in [6.07, 6.45) is -3.24. The molecule has 0 spiro atoms. The van der Waals surface area contributed by atoms with E-state index in [1.165, 1.54) is 12.1 Å². The van der Waals surface area contributed by atoms with Crippen LogP contribution in [0.5, 0.6) is 11.5 Å². The van der Waals surface area contributed by atoms with E-state index in [9.17, 15) is 13.2 Å². The number of methoxy groups -OCH3 is 2. The summed E-state index contributed by atoms with van der Waals surface area (Å²) in [7, 11) is 3.15. The van der Waals surface area contributed by atoms with Crippen LogP contribution in [0.1, 0.15) is 22.3 Å². The van der Waals surface area contributed by atoms with Crippen molar-refractivity contribution in [2.45, 2.75) is 19.0 Å². The Hall–Kier alpha value is -2.66. The molecule has 0 fully saturated rings. The smallest absolute Gasteiger partial charge is 0.416 e. The van der Waals surface area contributed by atoms with E-state index in [4.69, 9.17) is 21.1 Å². The van der Waals surface area contributed by atoms with Crippen molar-refractivity contribution in [3.63, 3.8) is 0 Å². The molecule has 0 heterocycles. The molecule has 0 amide bonds. The first kappa shape index (κ1) is 22.0. The van der Waals surface area contributed by atoms with E-state index in [1.807, 2.05) is 30.3 Å². The monoisotopic (exact) mass is 433 g/mol. The third-order valence-corrected chi connectivity index (χ3v) is 5.07. The highest BCUT2D eigenvalue weighted by Gasteiger charge is 2.30. The largest absolute Gasteiger partial charge is 0.493 e. The molecule has 0 atom stereocenters. The van der Waals surface area contributed by atoms with Crippen LogP contribution in [-0.2, 0) is 19.0 Å². The van der Waals surface area contributed by atoms with Crippen LogP contribution < -0.4 is 9.47 Å². The summed E-state index contributed by atoms with van der Waals surface area (Å²) in [6.45, 7) is 0. The molecule has 0 aliphatic heterocycles. The fourth-order valence-corrected chi connectivity index (χ4v) is 3.37. The molecule has 30 heavy (non-hydrogen) atoms. The van der Waals surface area contributed by atoms with Gasteiger partial charge in [-0.2, -0.15) is 13.2 Å². The minimum atomic E-state index is -4.35. The molecule has 6 heteroatoms. The van der Waals surface area contributed by atoms with Gasteiger partial charge in [-0.05, 0) is 65.9 Å². The van der Waals surface area contributed by atoms with Gasteiger partial charge in [0.1, 0.15) is 0 Å².